The predicted molar refractivity (Wildman–Crippen MR) is 179 cm³/mol. The van der Waals surface area contributed by atoms with Crippen LogP contribution in [0.15, 0.2) is 24.3 Å². The van der Waals surface area contributed by atoms with E-state index in [0.717, 1.165) is 6.42 Å². The second-order valence-corrected chi connectivity index (χ2v) is 10.0. The van der Waals surface area contributed by atoms with Gasteiger partial charge in [-0.15, -0.1) is 0 Å². The van der Waals surface area contributed by atoms with Crippen molar-refractivity contribution in [2.75, 3.05) is 6.61 Å². The summed E-state index contributed by atoms with van der Waals surface area (Å²) in [5.41, 5.74) is 1.95. The van der Waals surface area contributed by atoms with Crippen LogP contribution in [0.5, 0.6) is 0 Å². The molecule has 6 heteroatoms. The van der Waals surface area contributed by atoms with Crippen molar-refractivity contribution in [3.8, 4) is 0 Å². The van der Waals surface area contributed by atoms with Gasteiger partial charge in [0.1, 0.15) is 6.10 Å². The highest BCUT2D eigenvalue weighted by Gasteiger charge is 2.21. The number of esters is 3. The lowest BCUT2D eigenvalue weighted by atomic mass is 10.0. The first-order valence-corrected chi connectivity index (χ1v) is 16.7. The fourth-order valence-electron chi connectivity index (χ4n) is 2.70. The lowest BCUT2D eigenvalue weighted by molar-refractivity contribution is -0.168. The van der Waals surface area contributed by atoms with E-state index in [1.807, 2.05) is 65.8 Å². The van der Waals surface area contributed by atoms with Crippen molar-refractivity contribution in [1.82, 2.24) is 0 Å². The van der Waals surface area contributed by atoms with Crippen LogP contribution in [0.25, 0.3) is 0 Å². The average molecular weight is 597 g/mol. The molecule has 1 aromatic rings. The maximum atomic E-state index is 11.9. The normalized spacial score (nSPS) is 11.7. The number of carbonyl (C=O) groups is 3. The molecule has 0 bridgehead atoms. The number of hydrogen-bond acceptors (Lipinski definition) is 6. The molecular formula is C36H68O6. The highest BCUT2D eigenvalue weighted by atomic mass is 16.6. The first kappa shape index (κ1) is 46.6. The Hall–Kier alpha value is -2.37. The van der Waals surface area contributed by atoms with Crippen molar-refractivity contribution in [3.05, 3.63) is 35.4 Å². The molecule has 3 atom stereocenters. The lowest BCUT2D eigenvalue weighted by Gasteiger charge is -2.16. The van der Waals surface area contributed by atoms with Gasteiger partial charge in [0.25, 0.3) is 0 Å². The molecule has 0 aromatic heterocycles. The summed E-state index contributed by atoms with van der Waals surface area (Å²) in [5.74, 6) is -0.899. The van der Waals surface area contributed by atoms with Crippen LogP contribution in [0.3, 0.4) is 0 Å². The molecule has 1 rings (SSSR count). The molecule has 0 amide bonds. The van der Waals surface area contributed by atoms with Gasteiger partial charge in [-0.05, 0) is 63.6 Å². The van der Waals surface area contributed by atoms with Crippen molar-refractivity contribution in [2.45, 2.75) is 161 Å². The summed E-state index contributed by atoms with van der Waals surface area (Å²) in [5, 5.41) is 0. The minimum Gasteiger partial charge on any atom is -0.463 e. The van der Waals surface area contributed by atoms with E-state index in [2.05, 4.69) is 34.6 Å². The van der Waals surface area contributed by atoms with Gasteiger partial charge in [-0.3, -0.25) is 4.79 Å². The molecule has 0 aliphatic heterocycles. The van der Waals surface area contributed by atoms with Gasteiger partial charge in [-0.25, -0.2) is 9.59 Å². The van der Waals surface area contributed by atoms with Gasteiger partial charge in [0.2, 0.25) is 0 Å². The topological polar surface area (TPSA) is 78.9 Å². The Balaban J connectivity index is -0.000000285. The van der Waals surface area contributed by atoms with E-state index >= 15 is 0 Å². The minimum absolute atomic E-state index is 0.0452. The molecular weight excluding hydrogens is 528 g/mol. The quantitative estimate of drug-likeness (QED) is 0.121. The Labute approximate surface area is 260 Å². The standard InChI is InChI=1S/C18H28O2.C10H18O4.C4H10.2C2H6/c1-5-6-7-8-9-16-10-12-17(13-11-16)18(19)20-15(4)14(2)3;1-5-7(3)9(11)14-8(4)10(12)13-6-2;1-3-4-2;2*1-2/h10-15H,5-9H2,1-4H3;7-8H,5-6H2,1-4H3;3-4H2,1-2H3;2*1-2H3. The summed E-state index contributed by atoms with van der Waals surface area (Å²) in [6.07, 6.45) is 8.66. The fourth-order valence-corrected chi connectivity index (χ4v) is 2.70. The monoisotopic (exact) mass is 597 g/mol. The van der Waals surface area contributed by atoms with Crippen LogP contribution in [-0.4, -0.2) is 36.7 Å². The molecule has 1 aromatic carbocycles. The van der Waals surface area contributed by atoms with Gasteiger partial charge in [0, 0.05) is 0 Å². The summed E-state index contributed by atoms with van der Waals surface area (Å²) in [6.45, 7) is 27.8. The highest BCUT2D eigenvalue weighted by molar-refractivity contribution is 5.89. The molecule has 0 saturated carbocycles. The van der Waals surface area contributed by atoms with E-state index in [4.69, 9.17) is 14.2 Å². The molecule has 0 aliphatic rings. The second-order valence-electron chi connectivity index (χ2n) is 10.0. The SMILES string of the molecule is CC.CC.CCCC.CCCCCCc1ccc(C(=O)OC(C)C(C)C)cc1.CCOC(=O)C(C)OC(=O)C(C)CC. The van der Waals surface area contributed by atoms with Gasteiger partial charge in [-0.1, -0.05) is 120 Å². The minimum atomic E-state index is -0.809. The van der Waals surface area contributed by atoms with Crippen LogP contribution in [0, 0.1) is 11.8 Å². The Kier molecular flexibility index (Phi) is 36.8. The molecule has 6 nitrogen and oxygen atoms in total. The van der Waals surface area contributed by atoms with Crippen LogP contribution in [0.1, 0.15) is 158 Å². The summed E-state index contributed by atoms with van der Waals surface area (Å²) in [4.78, 5) is 34.3. The molecule has 248 valence electrons. The molecule has 0 N–H and O–H groups in total. The molecule has 0 fully saturated rings. The van der Waals surface area contributed by atoms with Crippen LogP contribution in [0.4, 0.5) is 0 Å². The molecule has 0 heterocycles. The largest absolute Gasteiger partial charge is 0.463 e. The van der Waals surface area contributed by atoms with E-state index in [9.17, 15) is 14.4 Å². The molecule has 0 spiro atoms. The zero-order valence-corrected chi connectivity index (χ0v) is 29.9. The number of hydrogen-bond donors (Lipinski definition) is 0. The Bertz CT molecular complexity index is 740. The first-order chi connectivity index (χ1) is 20.0. The van der Waals surface area contributed by atoms with Crippen molar-refractivity contribution < 1.29 is 28.6 Å². The number of unbranched alkanes of at least 4 members (excludes halogenated alkanes) is 4. The zero-order chi connectivity index (χ0) is 33.5. The van der Waals surface area contributed by atoms with Crippen molar-refractivity contribution in [2.24, 2.45) is 11.8 Å². The lowest BCUT2D eigenvalue weighted by Crippen LogP contribution is -2.28. The predicted octanol–water partition coefficient (Wildman–Crippen LogP) is 10.4. The zero-order valence-electron chi connectivity index (χ0n) is 29.9. The van der Waals surface area contributed by atoms with Crippen molar-refractivity contribution >= 4 is 17.9 Å². The van der Waals surface area contributed by atoms with Crippen molar-refractivity contribution in [3.63, 3.8) is 0 Å². The van der Waals surface area contributed by atoms with Crippen LogP contribution >= 0.6 is 0 Å². The number of ether oxygens (including phenoxy) is 3. The summed E-state index contributed by atoms with van der Waals surface area (Å²) in [6, 6.07) is 7.85. The van der Waals surface area contributed by atoms with E-state index in [0.29, 0.717) is 24.5 Å². The number of carbonyl (C=O) groups excluding carboxylic acids is 3. The second kappa shape index (κ2) is 33.1. The van der Waals surface area contributed by atoms with Crippen molar-refractivity contribution in [1.29, 1.82) is 0 Å². The fraction of sp³-hybridized carbons (Fsp3) is 0.750. The third-order valence-corrected chi connectivity index (χ3v) is 6.17. The summed E-state index contributed by atoms with van der Waals surface area (Å²) in [7, 11) is 0. The Morgan fingerprint density at radius 2 is 1.19 bits per heavy atom. The molecule has 0 radical (unpaired) electrons. The number of aryl methyl sites for hydroxylation is 1. The average Bonchev–Trinajstić information content (AvgIpc) is 3.01. The van der Waals surface area contributed by atoms with Crippen LogP contribution < -0.4 is 0 Å². The third-order valence-electron chi connectivity index (χ3n) is 6.17. The van der Waals surface area contributed by atoms with E-state index in [-0.39, 0.29) is 24.0 Å². The smallest absolute Gasteiger partial charge is 0.347 e. The molecule has 0 aliphatic carbocycles. The van der Waals surface area contributed by atoms with E-state index < -0.39 is 12.1 Å². The van der Waals surface area contributed by atoms with E-state index in [1.54, 1.807) is 13.8 Å². The van der Waals surface area contributed by atoms with Gasteiger partial charge in [0.05, 0.1) is 18.1 Å². The van der Waals surface area contributed by atoms with Gasteiger partial charge in [-0.2, -0.15) is 0 Å². The Morgan fingerprint density at radius 1 is 0.667 bits per heavy atom. The van der Waals surface area contributed by atoms with Crippen LogP contribution in [-0.2, 0) is 30.2 Å². The highest BCUT2D eigenvalue weighted by Crippen LogP contribution is 2.13. The maximum absolute atomic E-state index is 11.9. The summed E-state index contributed by atoms with van der Waals surface area (Å²) >= 11 is 0. The third kappa shape index (κ3) is 26.5. The molecule has 3 unspecified atom stereocenters. The first-order valence-electron chi connectivity index (χ1n) is 16.7. The molecule has 0 saturated heterocycles. The molecule has 42 heavy (non-hydrogen) atoms. The maximum Gasteiger partial charge on any atom is 0.347 e. The number of benzene rings is 1. The number of rotatable bonds is 14. The summed E-state index contributed by atoms with van der Waals surface area (Å²) < 4.78 is 15.0. The van der Waals surface area contributed by atoms with E-state index in [1.165, 1.54) is 51.0 Å². The van der Waals surface area contributed by atoms with Crippen LogP contribution in [0.2, 0.25) is 0 Å². The Morgan fingerprint density at radius 3 is 1.60 bits per heavy atom. The van der Waals surface area contributed by atoms with Gasteiger partial charge >= 0.3 is 17.9 Å². The van der Waals surface area contributed by atoms with Gasteiger partial charge in [0.15, 0.2) is 6.10 Å². The van der Waals surface area contributed by atoms with Gasteiger partial charge < -0.3 is 14.2 Å².